The van der Waals surface area contributed by atoms with Gasteiger partial charge in [-0.15, -0.1) is 0 Å². The Bertz CT molecular complexity index is 756. The molecule has 10 nitrogen and oxygen atoms in total. The highest BCUT2D eigenvalue weighted by molar-refractivity contribution is 5.92. The van der Waals surface area contributed by atoms with E-state index in [4.69, 9.17) is 9.47 Å². The number of nitrogens with one attached hydrogen (secondary N) is 3. The molecule has 0 bridgehead atoms. The second-order valence-corrected chi connectivity index (χ2v) is 12.1. The highest BCUT2D eigenvalue weighted by Crippen LogP contribution is 2.21. The fourth-order valence-corrected chi connectivity index (χ4v) is 3.66. The van der Waals surface area contributed by atoms with Crippen molar-refractivity contribution in [2.24, 2.45) is 17.3 Å². The molecule has 10 heteroatoms. The van der Waals surface area contributed by atoms with Crippen molar-refractivity contribution in [2.45, 2.75) is 125 Å². The fourth-order valence-electron chi connectivity index (χ4n) is 3.66. The van der Waals surface area contributed by atoms with Crippen molar-refractivity contribution >= 4 is 23.9 Å². The molecular weight excluding hydrogens is 478 g/mol. The average Bonchev–Trinajstić information content (AvgIpc) is 2.72. The number of hydrogen-bond acceptors (Lipinski definition) is 7. The van der Waals surface area contributed by atoms with Crippen LogP contribution in [0.1, 0.15) is 95.4 Å². The minimum atomic E-state index is -1.14. The zero-order valence-electron chi connectivity index (χ0n) is 24.7. The third-order valence-corrected chi connectivity index (χ3v) is 5.78. The molecule has 0 aliphatic carbocycles. The first-order valence-electron chi connectivity index (χ1n) is 13.3. The molecule has 4 N–H and O–H groups in total. The normalized spacial score (nSPS) is 16.1. The summed E-state index contributed by atoms with van der Waals surface area (Å²) in [6.45, 7) is 20.1. The molecule has 0 unspecified atom stereocenters. The molecule has 5 atom stereocenters. The van der Waals surface area contributed by atoms with Crippen molar-refractivity contribution in [3.63, 3.8) is 0 Å². The van der Waals surface area contributed by atoms with E-state index in [1.54, 1.807) is 48.5 Å². The third-order valence-electron chi connectivity index (χ3n) is 5.78. The van der Waals surface area contributed by atoms with Crippen molar-refractivity contribution in [2.75, 3.05) is 6.61 Å². The van der Waals surface area contributed by atoms with Gasteiger partial charge in [0.2, 0.25) is 11.8 Å². The average molecular weight is 530 g/mol. The van der Waals surface area contributed by atoms with Crippen LogP contribution >= 0.6 is 0 Å². The largest absolute Gasteiger partial charge is 0.466 e. The predicted octanol–water partition coefficient (Wildman–Crippen LogP) is 3.30. The predicted molar refractivity (Wildman–Crippen MR) is 143 cm³/mol. The molecule has 0 aliphatic heterocycles. The molecule has 0 aromatic rings. The smallest absolute Gasteiger partial charge is 0.408 e. The summed E-state index contributed by atoms with van der Waals surface area (Å²) in [4.78, 5) is 51.1. The van der Waals surface area contributed by atoms with E-state index >= 15 is 0 Å². The maximum atomic E-state index is 13.4. The Hall–Kier alpha value is -2.36. The number of amides is 3. The summed E-state index contributed by atoms with van der Waals surface area (Å²) in [7, 11) is 0. The van der Waals surface area contributed by atoms with E-state index in [1.807, 2.05) is 27.7 Å². The number of carbonyl (C=O) groups is 4. The van der Waals surface area contributed by atoms with E-state index in [1.165, 1.54) is 0 Å². The van der Waals surface area contributed by atoms with Crippen LogP contribution in [0.5, 0.6) is 0 Å². The lowest BCUT2D eigenvalue weighted by Crippen LogP contribution is -2.60. The Morgan fingerprint density at radius 2 is 1.43 bits per heavy atom. The van der Waals surface area contributed by atoms with E-state index in [9.17, 15) is 24.3 Å². The SMILES string of the molecule is CCOC(=O)C[C@H](O)[C@H](CC(C)C)NC(=O)[C@@H](NC(=O)[C@@H](NC(=O)OC(C)(C)C)C(C)(C)C)[C@@H](C)CC. The lowest BCUT2D eigenvalue weighted by atomic mass is 9.85. The molecule has 0 saturated carbocycles. The fraction of sp³-hybridized carbons (Fsp3) is 0.852. The van der Waals surface area contributed by atoms with Gasteiger partial charge in [0.1, 0.15) is 17.7 Å². The first kappa shape index (κ1) is 34.6. The summed E-state index contributed by atoms with van der Waals surface area (Å²) >= 11 is 0. The number of aliphatic hydroxyl groups is 1. The van der Waals surface area contributed by atoms with Gasteiger partial charge in [-0.1, -0.05) is 54.9 Å². The van der Waals surface area contributed by atoms with Crippen LogP contribution in [-0.2, 0) is 23.9 Å². The van der Waals surface area contributed by atoms with E-state index in [2.05, 4.69) is 16.0 Å². The molecule has 0 radical (unpaired) electrons. The maximum Gasteiger partial charge on any atom is 0.408 e. The Morgan fingerprint density at radius 1 is 0.865 bits per heavy atom. The van der Waals surface area contributed by atoms with Gasteiger partial charge in [-0.05, 0) is 51.4 Å². The number of ether oxygens (including phenoxy) is 2. The van der Waals surface area contributed by atoms with Crippen LogP contribution < -0.4 is 16.0 Å². The minimum Gasteiger partial charge on any atom is -0.466 e. The van der Waals surface area contributed by atoms with Gasteiger partial charge in [-0.3, -0.25) is 14.4 Å². The highest BCUT2D eigenvalue weighted by atomic mass is 16.6. The number of hydrogen-bond donors (Lipinski definition) is 4. The van der Waals surface area contributed by atoms with E-state index in [0.29, 0.717) is 12.8 Å². The molecule has 0 fully saturated rings. The molecule has 0 rings (SSSR count). The summed E-state index contributed by atoms with van der Waals surface area (Å²) in [6, 6.07) is -2.60. The van der Waals surface area contributed by atoms with Gasteiger partial charge in [0.05, 0.1) is 25.2 Å². The van der Waals surface area contributed by atoms with Gasteiger partial charge in [0.15, 0.2) is 0 Å². The van der Waals surface area contributed by atoms with Crippen molar-refractivity contribution in [3.8, 4) is 0 Å². The number of alkyl carbamates (subject to hydrolysis) is 1. The number of aliphatic hydroxyl groups excluding tert-OH is 1. The number of esters is 1. The van der Waals surface area contributed by atoms with E-state index < -0.39 is 59.1 Å². The van der Waals surface area contributed by atoms with Crippen LogP contribution in [-0.4, -0.2) is 65.4 Å². The van der Waals surface area contributed by atoms with E-state index in [0.717, 1.165) is 0 Å². The Morgan fingerprint density at radius 3 is 1.86 bits per heavy atom. The molecule has 0 spiro atoms. The molecule has 37 heavy (non-hydrogen) atoms. The van der Waals surface area contributed by atoms with Gasteiger partial charge in [-0.2, -0.15) is 0 Å². The summed E-state index contributed by atoms with van der Waals surface area (Å²) in [5, 5.41) is 19.0. The second kappa shape index (κ2) is 15.1. The van der Waals surface area contributed by atoms with E-state index in [-0.39, 0.29) is 24.9 Å². The van der Waals surface area contributed by atoms with Gasteiger partial charge in [0.25, 0.3) is 0 Å². The second-order valence-electron chi connectivity index (χ2n) is 12.1. The molecule has 0 aliphatic rings. The van der Waals surface area contributed by atoms with Gasteiger partial charge < -0.3 is 30.5 Å². The molecule has 216 valence electrons. The summed E-state index contributed by atoms with van der Waals surface area (Å²) in [6.07, 6.45) is -1.10. The lowest BCUT2D eigenvalue weighted by molar-refractivity contribution is -0.146. The molecule has 3 amide bonds. The van der Waals surface area contributed by atoms with Crippen LogP contribution in [0.4, 0.5) is 4.79 Å². The Balaban J connectivity index is 5.79. The topological polar surface area (TPSA) is 143 Å². The van der Waals surface area contributed by atoms with Crippen molar-refractivity contribution < 1.29 is 33.8 Å². The zero-order valence-corrected chi connectivity index (χ0v) is 24.7. The maximum absolute atomic E-state index is 13.4. The first-order valence-corrected chi connectivity index (χ1v) is 13.3. The van der Waals surface area contributed by atoms with Crippen LogP contribution in [0.3, 0.4) is 0 Å². The first-order chi connectivity index (χ1) is 16.8. The summed E-state index contributed by atoms with van der Waals surface area (Å²) < 4.78 is 10.3. The minimum absolute atomic E-state index is 0.127. The third kappa shape index (κ3) is 13.7. The van der Waals surface area contributed by atoms with Crippen LogP contribution in [0.2, 0.25) is 0 Å². The van der Waals surface area contributed by atoms with Crippen molar-refractivity contribution in [1.82, 2.24) is 16.0 Å². The molecular formula is C27H51N3O7. The Labute approximate surface area is 223 Å². The van der Waals surface area contributed by atoms with Crippen LogP contribution in [0, 0.1) is 17.3 Å². The van der Waals surface area contributed by atoms with Gasteiger partial charge >= 0.3 is 12.1 Å². The van der Waals surface area contributed by atoms with Crippen molar-refractivity contribution in [3.05, 3.63) is 0 Å². The zero-order chi connectivity index (χ0) is 29.1. The van der Waals surface area contributed by atoms with Crippen molar-refractivity contribution in [1.29, 1.82) is 0 Å². The molecule has 0 saturated heterocycles. The highest BCUT2D eigenvalue weighted by Gasteiger charge is 2.38. The molecule has 0 aromatic carbocycles. The standard InChI is InChI=1S/C27H51N3O7/c1-12-17(5)21(23(33)28-18(14-16(3)4)19(31)15-20(32)36-13-2)29-24(34)22(26(6,7)8)30-25(35)37-27(9,10)11/h16-19,21-22,31H,12-15H2,1-11H3,(H,28,33)(H,29,34)(H,30,35)/t17-,18-,19-,21-,22+/m0/s1. The van der Waals surface area contributed by atoms with Crippen LogP contribution in [0.15, 0.2) is 0 Å². The molecule has 0 aromatic heterocycles. The quantitative estimate of drug-likeness (QED) is 0.268. The molecule has 0 heterocycles. The monoisotopic (exact) mass is 529 g/mol. The van der Waals surface area contributed by atoms with Gasteiger partial charge in [-0.25, -0.2) is 4.79 Å². The summed E-state index contributed by atoms with van der Waals surface area (Å²) in [5.41, 5.74) is -1.41. The number of carbonyl (C=O) groups excluding carboxylic acids is 4. The Kier molecular flexibility index (Phi) is 14.2. The number of rotatable bonds is 13. The van der Waals surface area contributed by atoms with Crippen LogP contribution in [0.25, 0.3) is 0 Å². The van der Waals surface area contributed by atoms with Gasteiger partial charge in [0, 0.05) is 0 Å². The lowest BCUT2D eigenvalue weighted by Gasteiger charge is -2.34. The summed E-state index contributed by atoms with van der Waals surface area (Å²) in [5.74, 6) is -1.66.